The highest BCUT2D eigenvalue weighted by Crippen LogP contribution is 2.08. The molecule has 100 valence electrons. The molecule has 0 bridgehead atoms. The van der Waals surface area contributed by atoms with E-state index in [0.717, 1.165) is 24.1 Å². The van der Waals surface area contributed by atoms with Crippen molar-refractivity contribution in [3.63, 3.8) is 0 Å². The molecule has 0 radical (unpaired) electrons. The third kappa shape index (κ3) is 4.75. The van der Waals surface area contributed by atoms with Gasteiger partial charge < -0.3 is 16.3 Å². The molecule has 4 N–H and O–H groups in total. The van der Waals surface area contributed by atoms with Crippen molar-refractivity contribution < 1.29 is 5.21 Å². The number of rotatable bonds is 6. The van der Waals surface area contributed by atoms with Crippen molar-refractivity contribution in [3.05, 3.63) is 35.4 Å². The number of oxime groups is 1. The van der Waals surface area contributed by atoms with Gasteiger partial charge in [-0.05, 0) is 30.9 Å². The Bertz CT molecular complexity index is 402. The van der Waals surface area contributed by atoms with Crippen LogP contribution in [0.15, 0.2) is 29.4 Å². The minimum absolute atomic E-state index is 0.145. The predicted octanol–water partition coefficient (Wildman–Crippen LogP) is 2.31. The predicted molar refractivity (Wildman–Crippen MR) is 74.7 cm³/mol. The molecule has 0 fully saturated rings. The van der Waals surface area contributed by atoms with Crippen LogP contribution in [0.3, 0.4) is 0 Å². The van der Waals surface area contributed by atoms with Crippen LogP contribution in [0.2, 0.25) is 0 Å². The molecule has 0 aliphatic carbocycles. The van der Waals surface area contributed by atoms with Crippen LogP contribution in [0.5, 0.6) is 0 Å². The maximum absolute atomic E-state index is 8.64. The molecule has 1 aromatic rings. The first-order valence-electron chi connectivity index (χ1n) is 6.33. The number of nitrogens with two attached hydrogens (primary N) is 1. The molecular weight excluding hydrogens is 226 g/mol. The van der Waals surface area contributed by atoms with Gasteiger partial charge in [0.2, 0.25) is 0 Å². The van der Waals surface area contributed by atoms with E-state index < -0.39 is 0 Å². The number of nitrogens with one attached hydrogen (secondary N) is 1. The summed E-state index contributed by atoms with van der Waals surface area (Å²) in [6.45, 7) is 7.42. The maximum atomic E-state index is 8.64. The summed E-state index contributed by atoms with van der Waals surface area (Å²) in [5.74, 6) is 0.836. The van der Waals surface area contributed by atoms with Gasteiger partial charge in [0.1, 0.15) is 0 Å². The first-order chi connectivity index (χ1) is 8.52. The summed E-state index contributed by atoms with van der Waals surface area (Å²) in [7, 11) is 0. The maximum Gasteiger partial charge on any atom is 0.170 e. The average molecular weight is 249 g/mol. The van der Waals surface area contributed by atoms with Gasteiger partial charge in [0.15, 0.2) is 5.84 Å². The Hall–Kier alpha value is -1.55. The van der Waals surface area contributed by atoms with Gasteiger partial charge in [-0.15, -0.1) is 0 Å². The Balaban J connectivity index is 2.57. The summed E-state index contributed by atoms with van der Waals surface area (Å²) < 4.78 is 0. The number of benzene rings is 1. The molecule has 0 heterocycles. The SMILES string of the molecule is CC(C)CC(C)NCc1cccc(C(N)=NO)c1. The van der Waals surface area contributed by atoms with Crippen molar-refractivity contribution >= 4 is 5.84 Å². The second-order valence-corrected chi connectivity index (χ2v) is 5.10. The lowest BCUT2D eigenvalue weighted by Gasteiger charge is -2.16. The molecule has 0 aliphatic rings. The van der Waals surface area contributed by atoms with Crippen molar-refractivity contribution in [2.75, 3.05) is 0 Å². The molecule has 1 atom stereocenters. The highest BCUT2D eigenvalue weighted by atomic mass is 16.4. The zero-order valence-corrected chi connectivity index (χ0v) is 11.4. The van der Waals surface area contributed by atoms with Crippen LogP contribution in [0, 0.1) is 5.92 Å². The lowest BCUT2D eigenvalue weighted by atomic mass is 10.0. The Kier molecular flexibility index (Phi) is 5.65. The quantitative estimate of drug-likeness (QED) is 0.313. The molecule has 0 aromatic heterocycles. The zero-order chi connectivity index (χ0) is 13.5. The largest absolute Gasteiger partial charge is 0.409 e. The Morgan fingerprint density at radius 3 is 2.72 bits per heavy atom. The summed E-state index contributed by atoms with van der Waals surface area (Å²) in [5.41, 5.74) is 7.44. The van der Waals surface area contributed by atoms with Gasteiger partial charge in [-0.1, -0.05) is 37.2 Å². The Labute approximate surface area is 109 Å². The topological polar surface area (TPSA) is 70.6 Å². The summed E-state index contributed by atoms with van der Waals surface area (Å²) in [5, 5.41) is 15.1. The zero-order valence-electron chi connectivity index (χ0n) is 11.4. The highest BCUT2D eigenvalue weighted by Gasteiger charge is 2.05. The fraction of sp³-hybridized carbons (Fsp3) is 0.500. The summed E-state index contributed by atoms with van der Waals surface area (Å²) in [6, 6.07) is 8.19. The van der Waals surface area contributed by atoms with Gasteiger partial charge in [0, 0.05) is 18.2 Å². The summed E-state index contributed by atoms with van der Waals surface area (Å²) in [6.07, 6.45) is 1.15. The fourth-order valence-corrected chi connectivity index (χ4v) is 1.98. The van der Waals surface area contributed by atoms with Crippen molar-refractivity contribution in [1.82, 2.24) is 5.32 Å². The molecule has 0 aliphatic heterocycles. The monoisotopic (exact) mass is 249 g/mol. The second kappa shape index (κ2) is 7.01. The van der Waals surface area contributed by atoms with Crippen LogP contribution in [0.25, 0.3) is 0 Å². The smallest absolute Gasteiger partial charge is 0.170 e. The minimum Gasteiger partial charge on any atom is -0.409 e. The third-order valence-electron chi connectivity index (χ3n) is 2.81. The van der Waals surface area contributed by atoms with E-state index in [0.29, 0.717) is 12.0 Å². The standard InChI is InChI=1S/C14H23N3O/c1-10(2)7-11(3)16-9-12-5-4-6-13(8-12)14(15)17-18/h4-6,8,10-11,16,18H,7,9H2,1-3H3,(H2,15,17). The van der Waals surface area contributed by atoms with Gasteiger partial charge in [0.25, 0.3) is 0 Å². The fourth-order valence-electron chi connectivity index (χ4n) is 1.98. The molecule has 0 saturated carbocycles. The van der Waals surface area contributed by atoms with Crippen molar-refractivity contribution in [2.24, 2.45) is 16.8 Å². The number of nitrogens with zero attached hydrogens (tertiary/aromatic N) is 1. The summed E-state index contributed by atoms with van der Waals surface area (Å²) >= 11 is 0. The molecule has 0 spiro atoms. The van der Waals surface area contributed by atoms with E-state index in [4.69, 9.17) is 10.9 Å². The van der Waals surface area contributed by atoms with Crippen molar-refractivity contribution in [3.8, 4) is 0 Å². The van der Waals surface area contributed by atoms with E-state index in [-0.39, 0.29) is 5.84 Å². The summed E-state index contributed by atoms with van der Waals surface area (Å²) in [4.78, 5) is 0. The first-order valence-corrected chi connectivity index (χ1v) is 6.33. The van der Waals surface area contributed by atoms with Crippen LogP contribution in [-0.2, 0) is 6.54 Å². The number of hydrogen-bond acceptors (Lipinski definition) is 3. The van der Waals surface area contributed by atoms with Crippen LogP contribution >= 0.6 is 0 Å². The van der Waals surface area contributed by atoms with Gasteiger partial charge in [-0.25, -0.2) is 0 Å². The van der Waals surface area contributed by atoms with E-state index in [1.54, 1.807) is 0 Å². The Morgan fingerprint density at radius 2 is 2.11 bits per heavy atom. The van der Waals surface area contributed by atoms with Crippen molar-refractivity contribution in [1.29, 1.82) is 0 Å². The molecule has 4 heteroatoms. The molecule has 1 unspecified atom stereocenters. The second-order valence-electron chi connectivity index (χ2n) is 5.10. The molecular formula is C14H23N3O. The van der Waals surface area contributed by atoms with Crippen LogP contribution in [0.4, 0.5) is 0 Å². The molecule has 1 rings (SSSR count). The lowest BCUT2D eigenvalue weighted by molar-refractivity contribution is 0.318. The van der Waals surface area contributed by atoms with E-state index in [1.165, 1.54) is 0 Å². The van der Waals surface area contributed by atoms with Gasteiger partial charge in [0.05, 0.1) is 0 Å². The minimum atomic E-state index is 0.145. The molecule has 4 nitrogen and oxygen atoms in total. The van der Waals surface area contributed by atoms with Crippen molar-refractivity contribution in [2.45, 2.75) is 39.8 Å². The molecule has 18 heavy (non-hydrogen) atoms. The van der Waals surface area contributed by atoms with E-state index >= 15 is 0 Å². The molecule has 0 amide bonds. The van der Waals surface area contributed by atoms with Crippen LogP contribution in [0.1, 0.15) is 38.3 Å². The lowest BCUT2D eigenvalue weighted by Crippen LogP contribution is -2.27. The van der Waals surface area contributed by atoms with E-state index in [9.17, 15) is 0 Å². The first kappa shape index (κ1) is 14.5. The Morgan fingerprint density at radius 1 is 1.39 bits per heavy atom. The molecule has 0 saturated heterocycles. The van der Waals surface area contributed by atoms with Crippen LogP contribution < -0.4 is 11.1 Å². The van der Waals surface area contributed by atoms with Crippen LogP contribution in [-0.4, -0.2) is 17.1 Å². The average Bonchev–Trinajstić information content (AvgIpc) is 2.35. The van der Waals surface area contributed by atoms with Gasteiger partial charge in [-0.3, -0.25) is 0 Å². The van der Waals surface area contributed by atoms with Gasteiger partial charge >= 0.3 is 0 Å². The number of hydrogen-bond donors (Lipinski definition) is 3. The number of amidine groups is 1. The van der Waals surface area contributed by atoms with Gasteiger partial charge in [-0.2, -0.15) is 0 Å². The highest BCUT2D eigenvalue weighted by molar-refractivity contribution is 5.97. The third-order valence-corrected chi connectivity index (χ3v) is 2.81. The molecule has 1 aromatic carbocycles. The van der Waals surface area contributed by atoms with E-state index in [1.807, 2.05) is 24.3 Å². The van der Waals surface area contributed by atoms with E-state index in [2.05, 4.69) is 31.2 Å². The normalized spacial score (nSPS) is 13.9.